The summed E-state index contributed by atoms with van der Waals surface area (Å²) in [4.78, 5) is 32.3. The van der Waals surface area contributed by atoms with Gasteiger partial charge in [0.05, 0.1) is 23.3 Å². The third-order valence-electron chi connectivity index (χ3n) is 3.40. The van der Waals surface area contributed by atoms with E-state index in [1.807, 2.05) is 34.6 Å². The summed E-state index contributed by atoms with van der Waals surface area (Å²) in [6.07, 6.45) is 2.93. The molecule has 0 bridgehead atoms. The molecular formula is C16H24N4O3. The molecule has 1 N–H and O–H groups in total. The number of aromatic amines is 1. The molecule has 0 spiro atoms. The number of carbonyl (C=O) groups excluding carboxylic acids is 1. The molecule has 0 saturated carbocycles. The van der Waals surface area contributed by atoms with Gasteiger partial charge in [0.15, 0.2) is 0 Å². The maximum Gasteiger partial charge on any atom is 0.410 e. The van der Waals surface area contributed by atoms with Crippen LogP contribution in [-0.2, 0) is 4.74 Å². The normalized spacial score (nSPS) is 14.9. The van der Waals surface area contributed by atoms with Gasteiger partial charge in [0.1, 0.15) is 5.60 Å². The van der Waals surface area contributed by atoms with E-state index < -0.39 is 5.60 Å². The van der Waals surface area contributed by atoms with Gasteiger partial charge in [-0.3, -0.25) is 9.55 Å². The van der Waals surface area contributed by atoms with E-state index in [0.717, 1.165) is 5.52 Å². The maximum absolute atomic E-state index is 12.0. The summed E-state index contributed by atoms with van der Waals surface area (Å²) < 4.78 is 6.99. The van der Waals surface area contributed by atoms with Gasteiger partial charge in [-0.2, -0.15) is 0 Å². The Morgan fingerprint density at radius 1 is 1.35 bits per heavy atom. The molecule has 1 saturated heterocycles. The molecule has 0 aliphatic carbocycles. The lowest BCUT2D eigenvalue weighted by atomic mass is 10.1. The van der Waals surface area contributed by atoms with Crippen LogP contribution < -0.4 is 5.69 Å². The molecule has 7 heteroatoms. The van der Waals surface area contributed by atoms with E-state index >= 15 is 0 Å². The Balaban J connectivity index is 0.000000924. The summed E-state index contributed by atoms with van der Waals surface area (Å²) in [6, 6.07) is 1.77. The molecule has 3 rings (SSSR count). The van der Waals surface area contributed by atoms with E-state index in [0.29, 0.717) is 18.6 Å². The van der Waals surface area contributed by atoms with E-state index in [9.17, 15) is 9.59 Å². The largest absolute Gasteiger partial charge is 0.444 e. The number of H-pyrrole nitrogens is 1. The Labute approximate surface area is 135 Å². The fourth-order valence-electron chi connectivity index (χ4n) is 2.44. The van der Waals surface area contributed by atoms with Crippen molar-refractivity contribution in [3.05, 3.63) is 28.9 Å². The van der Waals surface area contributed by atoms with Crippen molar-refractivity contribution in [3.63, 3.8) is 0 Å². The highest BCUT2D eigenvalue weighted by Crippen LogP contribution is 2.25. The van der Waals surface area contributed by atoms with Crippen LogP contribution in [0, 0.1) is 0 Å². The lowest BCUT2D eigenvalue weighted by molar-refractivity contribution is 0.00116. The van der Waals surface area contributed by atoms with Gasteiger partial charge in [0.25, 0.3) is 0 Å². The number of nitrogens with zero attached hydrogens (tertiary/aromatic N) is 3. The van der Waals surface area contributed by atoms with E-state index in [-0.39, 0.29) is 17.8 Å². The van der Waals surface area contributed by atoms with Crippen molar-refractivity contribution in [1.29, 1.82) is 0 Å². The molecule has 23 heavy (non-hydrogen) atoms. The van der Waals surface area contributed by atoms with Crippen molar-refractivity contribution in [2.45, 2.75) is 46.3 Å². The first-order valence-electron chi connectivity index (χ1n) is 7.87. The van der Waals surface area contributed by atoms with Crippen molar-refractivity contribution in [3.8, 4) is 0 Å². The fourth-order valence-corrected chi connectivity index (χ4v) is 2.44. The van der Waals surface area contributed by atoms with E-state index in [2.05, 4.69) is 9.97 Å². The topological polar surface area (TPSA) is 80.2 Å². The Morgan fingerprint density at radius 3 is 2.61 bits per heavy atom. The zero-order valence-electron chi connectivity index (χ0n) is 14.3. The summed E-state index contributed by atoms with van der Waals surface area (Å²) in [5, 5.41) is 0. The van der Waals surface area contributed by atoms with Gasteiger partial charge >= 0.3 is 11.8 Å². The van der Waals surface area contributed by atoms with Gasteiger partial charge in [-0.15, -0.1) is 0 Å². The Hall–Kier alpha value is -2.31. The predicted octanol–water partition coefficient (Wildman–Crippen LogP) is 2.54. The number of amides is 1. The smallest absolute Gasteiger partial charge is 0.410 e. The molecule has 126 valence electrons. The third kappa shape index (κ3) is 3.55. The minimum Gasteiger partial charge on any atom is -0.444 e. The highest BCUT2D eigenvalue weighted by molar-refractivity contribution is 5.74. The highest BCUT2D eigenvalue weighted by Gasteiger charge is 2.36. The van der Waals surface area contributed by atoms with Crippen molar-refractivity contribution in [2.24, 2.45) is 0 Å². The standard InChI is InChI=1S/C14H18N4O3.C2H6/c1-14(2,3)21-13(20)17-7-9(8-17)18-11-4-5-15-6-10(11)16-12(18)19;1-2/h4-6,9H,7-8H2,1-3H3,(H,16,19);1-2H3. The monoisotopic (exact) mass is 320 g/mol. The number of ether oxygens (including phenoxy) is 1. The Kier molecular flexibility index (Phi) is 4.77. The maximum atomic E-state index is 12.0. The Morgan fingerprint density at radius 2 is 2.00 bits per heavy atom. The van der Waals surface area contributed by atoms with Crippen LogP contribution in [0.1, 0.15) is 40.7 Å². The number of aromatic nitrogens is 3. The van der Waals surface area contributed by atoms with Gasteiger partial charge in [0.2, 0.25) is 0 Å². The number of likely N-dealkylation sites (tertiary alicyclic amines) is 1. The number of hydrogen-bond acceptors (Lipinski definition) is 4. The molecule has 1 fully saturated rings. The molecule has 7 nitrogen and oxygen atoms in total. The van der Waals surface area contributed by atoms with Crippen molar-refractivity contribution in [2.75, 3.05) is 13.1 Å². The summed E-state index contributed by atoms with van der Waals surface area (Å²) in [7, 11) is 0. The molecule has 0 unspecified atom stereocenters. The molecule has 1 aliphatic heterocycles. The van der Waals surface area contributed by atoms with Crippen LogP contribution in [0.3, 0.4) is 0 Å². The number of nitrogens with one attached hydrogen (secondary N) is 1. The van der Waals surface area contributed by atoms with Crippen molar-refractivity contribution in [1.82, 2.24) is 19.4 Å². The molecule has 0 atom stereocenters. The zero-order chi connectivity index (χ0) is 17.2. The predicted molar refractivity (Wildman–Crippen MR) is 88.5 cm³/mol. The van der Waals surface area contributed by atoms with Gasteiger partial charge in [-0.25, -0.2) is 9.59 Å². The number of fused-ring (bicyclic) bond motifs is 1. The number of rotatable bonds is 1. The highest BCUT2D eigenvalue weighted by atomic mass is 16.6. The van der Waals surface area contributed by atoms with Crippen LogP contribution in [0.4, 0.5) is 4.79 Å². The van der Waals surface area contributed by atoms with Crippen LogP contribution in [0.15, 0.2) is 23.3 Å². The summed E-state index contributed by atoms with van der Waals surface area (Å²) >= 11 is 0. The minimum absolute atomic E-state index is 0.0267. The SMILES string of the molecule is CC.CC(C)(C)OC(=O)N1CC(n2c(=O)[nH]c3cnccc32)C1. The molecule has 2 aromatic heterocycles. The number of hydrogen-bond donors (Lipinski definition) is 1. The van der Waals surface area contributed by atoms with E-state index in [4.69, 9.17) is 4.74 Å². The molecule has 3 heterocycles. The molecule has 1 aliphatic rings. The second-order valence-corrected chi connectivity index (χ2v) is 6.23. The van der Waals surface area contributed by atoms with Gasteiger partial charge in [-0.1, -0.05) is 13.8 Å². The lowest BCUT2D eigenvalue weighted by Gasteiger charge is -2.40. The molecule has 0 aromatic carbocycles. The Bertz CT molecular complexity index is 736. The van der Waals surface area contributed by atoms with E-state index in [1.165, 1.54) is 0 Å². The number of pyridine rings is 1. The summed E-state index contributed by atoms with van der Waals surface area (Å²) in [5.74, 6) is 0. The first kappa shape index (κ1) is 17.1. The molecule has 1 amide bonds. The van der Waals surface area contributed by atoms with Crippen LogP contribution in [0.25, 0.3) is 11.0 Å². The van der Waals surface area contributed by atoms with Gasteiger partial charge in [0, 0.05) is 19.3 Å². The summed E-state index contributed by atoms with van der Waals surface area (Å²) in [6.45, 7) is 10.5. The average molecular weight is 320 g/mol. The quantitative estimate of drug-likeness (QED) is 0.875. The van der Waals surface area contributed by atoms with Crippen LogP contribution >= 0.6 is 0 Å². The van der Waals surface area contributed by atoms with Crippen LogP contribution in [-0.4, -0.2) is 44.2 Å². The lowest BCUT2D eigenvalue weighted by Crippen LogP contribution is -2.53. The van der Waals surface area contributed by atoms with E-state index in [1.54, 1.807) is 27.9 Å². The second kappa shape index (κ2) is 6.44. The average Bonchev–Trinajstić information content (AvgIpc) is 2.74. The third-order valence-corrected chi connectivity index (χ3v) is 3.40. The molecular weight excluding hydrogens is 296 g/mol. The summed E-state index contributed by atoms with van der Waals surface area (Å²) in [5.41, 5.74) is 0.833. The fraction of sp³-hybridized carbons (Fsp3) is 0.562. The minimum atomic E-state index is -0.508. The van der Waals surface area contributed by atoms with Crippen molar-refractivity contribution >= 4 is 17.1 Å². The van der Waals surface area contributed by atoms with Crippen LogP contribution in [0.2, 0.25) is 0 Å². The molecule has 2 aromatic rings. The van der Waals surface area contributed by atoms with Gasteiger partial charge < -0.3 is 14.6 Å². The molecule has 0 radical (unpaired) electrons. The number of carbonyl (C=O) groups is 1. The van der Waals surface area contributed by atoms with Crippen molar-refractivity contribution < 1.29 is 9.53 Å². The zero-order valence-corrected chi connectivity index (χ0v) is 14.3. The first-order chi connectivity index (χ1) is 10.8. The first-order valence-corrected chi connectivity index (χ1v) is 7.87. The second-order valence-electron chi connectivity index (χ2n) is 6.23. The van der Waals surface area contributed by atoms with Gasteiger partial charge in [-0.05, 0) is 26.8 Å². The number of imidazole rings is 1. The van der Waals surface area contributed by atoms with Crippen LogP contribution in [0.5, 0.6) is 0 Å².